The van der Waals surface area contributed by atoms with Crippen molar-refractivity contribution in [2.45, 2.75) is 26.7 Å². The second-order valence-corrected chi connectivity index (χ2v) is 4.00. The predicted octanol–water partition coefficient (Wildman–Crippen LogP) is 2.13. The van der Waals surface area contributed by atoms with Crippen LogP contribution < -0.4 is 5.56 Å². The highest BCUT2D eigenvalue weighted by Crippen LogP contribution is 2.13. The number of hydrogen-bond donors (Lipinski definition) is 0. The maximum Gasteiger partial charge on any atom is 0.261 e. The first kappa shape index (κ1) is 9.90. The Kier molecular flexibility index (Phi) is 2.31. The van der Waals surface area contributed by atoms with Crippen LogP contribution in [0.15, 0.2) is 29.2 Å². The summed E-state index contributed by atoms with van der Waals surface area (Å²) in [5.74, 6) is 0.210. The van der Waals surface area contributed by atoms with E-state index in [-0.39, 0.29) is 11.5 Å². The summed E-state index contributed by atoms with van der Waals surface area (Å²) in [5, 5.41) is 0. The molecule has 0 aliphatic rings. The van der Waals surface area contributed by atoms with Gasteiger partial charge in [0.2, 0.25) is 0 Å². The lowest BCUT2D eigenvalue weighted by Gasteiger charge is -2.09. The maximum absolute atomic E-state index is 12.1. The third-order valence-electron chi connectivity index (χ3n) is 2.54. The van der Waals surface area contributed by atoms with Crippen LogP contribution in [0, 0.1) is 6.92 Å². The average Bonchev–Trinajstić information content (AvgIpc) is 2.17. The standard InChI is InChI=1S/C12H14N2O/c1-8(2)11-9(3)13-10-6-4-5-7-14(10)12(11)15/h4-8H,1-3H3. The molecule has 0 saturated carbocycles. The van der Waals surface area contributed by atoms with E-state index < -0.39 is 0 Å². The Bertz CT molecular complexity index is 555. The topological polar surface area (TPSA) is 34.4 Å². The van der Waals surface area contributed by atoms with Crippen molar-refractivity contribution in [2.24, 2.45) is 0 Å². The van der Waals surface area contributed by atoms with Crippen LogP contribution in [-0.2, 0) is 0 Å². The molecule has 2 rings (SSSR count). The van der Waals surface area contributed by atoms with Crippen molar-refractivity contribution >= 4 is 5.65 Å². The van der Waals surface area contributed by atoms with Crippen LogP contribution in [0.2, 0.25) is 0 Å². The molecular formula is C12H14N2O. The molecule has 0 fully saturated rings. The van der Waals surface area contributed by atoms with Gasteiger partial charge in [-0.25, -0.2) is 4.98 Å². The zero-order valence-corrected chi connectivity index (χ0v) is 9.19. The molecule has 0 saturated heterocycles. The Morgan fingerprint density at radius 1 is 1.33 bits per heavy atom. The first-order chi connectivity index (χ1) is 7.11. The number of fused-ring (bicyclic) bond motifs is 1. The molecule has 78 valence electrons. The normalized spacial score (nSPS) is 11.2. The fourth-order valence-corrected chi connectivity index (χ4v) is 1.88. The number of aromatic nitrogens is 2. The van der Waals surface area contributed by atoms with Crippen LogP contribution in [0.4, 0.5) is 0 Å². The molecule has 0 aliphatic heterocycles. The summed E-state index contributed by atoms with van der Waals surface area (Å²) in [5.41, 5.74) is 2.40. The van der Waals surface area contributed by atoms with Crippen LogP contribution in [0.3, 0.4) is 0 Å². The summed E-state index contributed by atoms with van der Waals surface area (Å²) in [6.07, 6.45) is 1.76. The quantitative estimate of drug-likeness (QED) is 0.710. The summed E-state index contributed by atoms with van der Waals surface area (Å²) in [6.45, 7) is 5.92. The third-order valence-corrected chi connectivity index (χ3v) is 2.54. The highest BCUT2D eigenvalue weighted by Gasteiger charge is 2.11. The van der Waals surface area contributed by atoms with Crippen LogP contribution in [0.5, 0.6) is 0 Å². The monoisotopic (exact) mass is 202 g/mol. The van der Waals surface area contributed by atoms with Crippen LogP contribution in [0.1, 0.15) is 31.0 Å². The van der Waals surface area contributed by atoms with Gasteiger partial charge in [-0.2, -0.15) is 0 Å². The van der Waals surface area contributed by atoms with Gasteiger partial charge in [-0.05, 0) is 25.0 Å². The van der Waals surface area contributed by atoms with Crippen molar-refractivity contribution in [1.29, 1.82) is 0 Å². The number of rotatable bonds is 1. The van der Waals surface area contributed by atoms with E-state index in [2.05, 4.69) is 4.98 Å². The van der Waals surface area contributed by atoms with Crippen LogP contribution in [0.25, 0.3) is 5.65 Å². The molecule has 0 unspecified atom stereocenters. The van der Waals surface area contributed by atoms with E-state index >= 15 is 0 Å². The molecule has 2 aromatic rings. The van der Waals surface area contributed by atoms with Gasteiger partial charge in [0.1, 0.15) is 5.65 Å². The first-order valence-electron chi connectivity index (χ1n) is 5.09. The van der Waals surface area contributed by atoms with E-state index in [9.17, 15) is 4.79 Å². The molecule has 0 aromatic carbocycles. The van der Waals surface area contributed by atoms with E-state index in [0.29, 0.717) is 5.65 Å². The maximum atomic E-state index is 12.1. The summed E-state index contributed by atoms with van der Waals surface area (Å²) in [7, 11) is 0. The average molecular weight is 202 g/mol. The lowest BCUT2D eigenvalue weighted by atomic mass is 10.0. The molecule has 0 radical (unpaired) electrons. The number of pyridine rings is 1. The molecular weight excluding hydrogens is 188 g/mol. The minimum Gasteiger partial charge on any atom is -0.269 e. The molecule has 2 aromatic heterocycles. The fourth-order valence-electron chi connectivity index (χ4n) is 1.88. The Labute approximate surface area is 88.4 Å². The molecule has 0 bridgehead atoms. The van der Waals surface area contributed by atoms with Gasteiger partial charge in [0, 0.05) is 17.5 Å². The molecule has 0 atom stereocenters. The largest absolute Gasteiger partial charge is 0.269 e. The highest BCUT2D eigenvalue weighted by atomic mass is 16.1. The van der Waals surface area contributed by atoms with Crippen molar-refractivity contribution in [3.63, 3.8) is 0 Å². The van der Waals surface area contributed by atoms with Gasteiger partial charge in [-0.3, -0.25) is 9.20 Å². The van der Waals surface area contributed by atoms with Gasteiger partial charge in [-0.15, -0.1) is 0 Å². The smallest absolute Gasteiger partial charge is 0.261 e. The molecule has 15 heavy (non-hydrogen) atoms. The van der Waals surface area contributed by atoms with Crippen molar-refractivity contribution in [1.82, 2.24) is 9.38 Å². The van der Waals surface area contributed by atoms with E-state index in [4.69, 9.17) is 0 Å². The Balaban J connectivity index is 2.91. The zero-order valence-electron chi connectivity index (χ0n) is 9.19. The summed E-state index contributed by atoms with van der Waals surface area (Å²) < 4.78 is 1.60. The minimum absolute atomic E-state index is 0.0492. The second-order valence-electron chi connectivity index (χ2n) is 4.00. The van der Waals surface area contributed by atoms with Crippen molar-refractivity contribution in [2.75, 3.05) is 0 Å². The Morgan fingerprint density at radius 3 is 2.73 bits per heavy atom. The van der Waals surface area contributed by atoms with Crippen LogP contribution in [-0.4, -0.2) is 9.38 Å². The zero-order chi connectivity index (χ0) is 11.0. The summed E-state index contributed by atoms with van der Waals surface area (Å²) in [4.78, 5) is 16.5. The Morgan fingerprint density at radius 2 is 2.07 bits per heavy atom. The first-order valence-corrected chi connectivity index (χ1v) is 5.09. The van der Waals surface area contributed by atoms with Gasteiger partial charge in [0.15, 0.2) is 0 Å². The SMILES string of the molecule is Cc1nc2ccccn2c(=O)c1C(C)C. The van der Waals surface area contributed by atoms with E-state index in [0.717, 1.165) is 11.3 Å². The molecule has 0 amide bonds. The molecule has 2 heterocycles. The molecule has 0 aliphatic carbocycles. The van der Waals surface area contributed by atoms with Crippen molar-refractivity contribution < 1.29 is 0 Å². The van der Waals surface area contributed by atoms with Gasteiger partial charge in [0.05, 0.1) is 0 Å². The molecule has 3 nitrogen and oxygen atoms in total. The van der Waals surface area contributed by atoms with Crippen LogP contribution >= 0.6 is 0 Å². The Hall–Kier alpha value is -1.64. The van der Waals surface area contributed by atoms with E-state index in [1.807, 2.05) is 39.0 Å². The van der Waals surface area contributed by atoms with Crippen molar-refractivity contribution in [3.05, 3.63) is 46.0 Å². The van der Waals surface area contributed by atoms with E-state index in [1.165, 1.54) is 0 Å². The van der Waals surface area contributed by atoms with Gasteiger partial charge >= 0.3 is 0 Å². The van der Waals surface area contributed by atoms with Gasteiger partial charge < -0.3 is 0 Å². The lowest BCUT2D eigenvalue weighted by Crippen LogP contribution is -2.22. The number of hydrogen-bond acceptors (Lipinski definition) is 2. The van der Waals surface area contributed by atoms with Gasteiger partial charge in [-0.1, -0.05) is 19.9 Å². The summed E-state index contributed by atoms with van der Waals surface area (Å²) >= 11 is 0. The van der Waals surface area contributed by atoms with Crippen molar-refractivity contribution in [3.8, 4) is 0 Å². The number of nitrogens with zero attached hydrogens (tertiary/aromatic N) is 2. The lowest BCUT2D eigenvalue weighted by molar-refractivity contribution is 0.806. The van der Waals surface area contributed by atoms with E-state index in [1.54, 1.807) is 10.6 Å². The second kappa shape index (κ2) is 3.50. The predicted molar refractivity (Wildman–Crippen MR) is 60.3 cm³/mol. The van der Waals surface area contributed by atoms with Gasteiger partial charge in [0.25, 0.3) is 5.56 Å². The number of aryl methyl sites for hydroxylation is 1. The fraction of sp³-hybridized carbons (Fsp3) is 0.333. The minimum atomic E-state index is 0.0492. The third kappa shape index (κ3) is 1.54. The summed E-state index contributed by atoms with van der Waals surface area (Å²) in [6, 6.07) is 5.57. The molecule has 0 spiro atoms. The molecule has 3 heteroatoms. The highest BCUT2D eigenvalue weighted by molar-refractivity contribution is 5.40. The molecule has 0 N–H and O–H groups in total.